The number of fused-ring (bicyclic) bond motifs is 1. The molecule has 0 saturated carbocycles. The molecule has 0 spiro atoms. The van der Waals surface area contributed by atoms with Gasteiger partial charge in [-0.3, -0.25) is 4.98 Å². The number of aromatic amines is 1. The van der Waals surface area contributed by atoms with Gasteiger partial charge < -0.3 is 10.7 Å². The Balaban J connectivity index is 2.63. The van der Waals surface area contributed by atoms with Crippen LogP contribution < -0.4 is 5.73 Å². The minimum absolute atomic E-state index is 0.432. The predicted octanol–water partition coefficient (Wildman–Crippen LogP) is 1.15. The lowest BCUT2D eigenvalue weighted by Crippen LogP contribution is -2.30. The van der Waals surface area contributed by atoms with Crippen molar-refractivity contribution in [1.29, 1.82) is 0 Å². The van der Waals surface area contributed by atoms with E-state index < -0.39 is 5.54 Å². The summed E-state index contributed by atoms with van der Waals surface area (Å²) < 4.78 is 0. The minimum Gasteiger partial charge on any atom is -0.339 e. The number of imidazole rings is 1. The van der Waals surface area contributed by atoms with Gasteiger partial charge in [-0.2, -0.15) is 0 Å². The van der Waals surface area contributed by atoms with Crippen molar-refractivity contribution in [3.8, 4) is 0 Å². The van der Waals surface area contributed by atoms with E-state index in [-0.39, 0.29) is 0 Å². The molecule has 2 aromatic heterocycles. The van der Waals surface area contributed by atoms with Crippen LogP contribution in [-0.4, -0.2) is 15.0 Å². The first-order chi connectivity index (χ1) is 6.07. The van der Waals surface area contributed by atoms with Crippen molar-refractivity contribution in [3.05, 3.63) is 24.3 Å². The quantitative estimate of drug-likeness (QED) is 0.685. The van der Waals surface area contributed by atoms with Gasteiger partial charge in [-0.15, -0.1) is 0 Å². The number of rotatable bonds is 1. The molecule has 2 aromatic rings. The van der Waals surface area contributed by atoms with E-state index in [4.69, 9.17) is 5.73 Å². The Morgan fingerprint density at radius 3 is 2.85 bits per heavy atom. The Labute approximate surface area is 76.2 Å². The van der Waals surface area contributed by atoms with Gasteiger partial charge in [0.15, 0.2) is 0 Å². The summed E-state index contributed by atoms with van der Waals surface area (Å²) in [6.07, 6.45) is 3.47. The van der Waals surface area contributed by atoms with Crippen LogP contribution in [0.25, 0.3) is 11.0 Å². The summed E-state index contributed by atoms with van der Waals surface area (Å²) in [4.78, 5) is 11.5. The molecule has 0 radical (unpaired) electrons. The van der Waals surface area contributed by atoms with E-state index in [1.165, 1.54) is 0 Å². The Kier molecular flexibility index (Phi) is 1.60. The van der Waals surface area contributed by atoms with Crippen LogP contribution in [0.4, 0.5) is 0 Å². The molecule has 68 valence electrons. The van der Waals surface area contributed by atoms with Crippen LogP contribution in [0.2, 0.25) is 0 Å². The molecule has 4 nitrogen and oxygen atoms in total. The number of aromatic nitrogens is 3. The maximum absolute atomic E-state index is 5.91. The topological polar surface area (TPSA) is 67.6 Å². The van der Waals surface area contributed by atoms with E-state index in [0.717, 1.165) is 16.9 Å². The standard InChI is InChI=1S/C9H12N4/c1-9(2,10)8-12-6-3-4-11-5-7(6)13-8/h3-5H,10H2,1-2H3,(H,12,13). The molecule has 2 heterocycles. The number of hydrogen-bond acceptors (Lipinski definition) is 3. The number of hydrogen-bond donors (Lipinski definition) is 2. The number of H-pyrrole nitrogens is 1. The molecule has 0 amide bonds. The van der Waals surface area contributed by atoms with E-state index >= 15 is 0 Å². The van der Waals surface area contributed by atoms with Gasteiger partial charge >= 0.3 is 0 Å². The van der Waals surface area contributed by atoms with Gasteiger partial charge in [0, 0.05) is 6.20 Å². The lowest BCUT2D eigenvalue weighted by Gasteiger charge is -2.13. The second-order valence-corrected chi connectivity index (χ2v) is 3.70. The first kappa shape index (κ1) is 8.19. The van der Waals surface area contributed by atoms with E-state index in [1.54, 1.807) is 12.4 Å². The molecular formula is C9H12N4. The Bertz CT molecular complexity index is 391. The van der Waals surface area contributed by atoms with Gasteiger partial charge in [0.25, 0.3) is 0 Å². The second-order valence-electron chi connectivity index (χ2n) is 3.70. The highest BCUT2D eigenvalue weighted by Crippen LogP contribution is 2.16. The molecule has 0 aliphatic carbocycles. The number of pyridine rings is 1. The Hall–Kier alpha value is -1.42. The van der Waals surface area contributed by atoms with E-state index in [0.29, 0.717) is 0 Å². The average Bonchev–Trinajstić information content (AvgIpc) is 2.45. The summed E-state index contributed by atoms with van der Waals surface area (Å²) in [6, 6.07) is 1.86. The molecule has 13 heavy (non-hydrogen) atoms. The monoisotopic (exact) mass is 176 g/mol. The molecule has 0 aliphatic heterocycles. The van der Waals surface area contributed by atoms with Gasteiger partial charge in [0.2, 0.25) is 0 Å². The molecule has 0 saturated heterocycles. The van der Waals surface area contributed by atoms with Crippen LogP contribution >= 0.6 is 0 Å². The molecule has 4 heteroatoms. The van der Waals surface area contributed by atoms with Gasteiger partial charge in [0.1, 0.15) is 5.82 Å². The number of nitrogens with one attached hydrogen (secondary N) is 1. The third-order valence-corrected chi connectivity index (χ3v) is 1.89. The Morgan fingerprint density at radius 1 is 1.46 bits per heavy atom. The van der Waals surface area contributed by atoms with Crippen LogP contribution in [0.15, 0.2) is 18.5 Å². The molecule has 0 bridgehead atoms. The lowest BCUT2D eigenvalue weighted by molar-refractivity contribution is 0.522. The van der Waals surface area contributed by atoms with Gasteiger partial charge in [-0.1, -0.05) is 0 Å². The first-order valence-corrected chi connectivity index (χ1v) is 4.16. The lowest BCUT2D eigenvalue weighted by atomic mass is 10.1. The van der Waals surface area contributed by atoms with E-state index in [1.807, 2.05) is 19.9 Å². The van der Waals surface area contributed by atoms with Crippen LogP contribution in [-0.2, 0) is 5.54 Å². The van der Waals surface area contributed by atoms with Crippen LogP contribution in [0.5, 0.6) is 0 Å². The molecule has 2 rings (SSSR count). The molecule has 0 aliphatic rings. The van der Waals surface area contributed by atoms with Gasteiger partial charge in [0.05, 0.1) is 22.8 Å². The summed E-state index contributed by atoms with van der Waals surface area (Å²) in [5.74, 6) is 0.788. The summed E-state index contributed by atoms with van der Waals surface area (Å²) >= 11 is 0. The van der Waals surface area contributed by atoms with Crippen molar-refractivity contribution in [3.63, 3.8) is 0 Å². The molecule has 0 atom stereocenters. The zero-order valence-corrected chi connectivity index (χ0v) is 7.70. The summed E-state index contributed by atoms with van der Waals surface area (Å²) in [7, 11) is 0. The fourth-order valence-electron chi connectivity index (χ4n) is 1.16. The Morgan fingerprint density at radius 2 is 2.23 bits per heavy atom. The summed E-state index contributed by atoms with van der Waals surface area (Å²) in [5, 5.41) is 0. The zero-order chi connectivity index (χ0) is 9.47. The van der Waals surface area contributed by atoms with E-state index in [2.05, 4.69) is 15.0 Å². The molecular weight excluding hydrogens is 164 g/mol. The van der Waals surface area contributed by atoms with Crippen LogP contribution in [0.3, 0.4) is 0 Å². The fraction of sp³-hybridized carbons (Fsp3) is 0.333. The molecule has 3 N–H and O–H groups in total. The third kappa shape index (κ3) is 1.40. The molecule has 0 aromatic carbocycles. The minimum atomic E-state index is -0.432. The summed E-state index contributed by atoms with van der Waals surface area (Å²) in [6.45, 7) is 3.83. The second kappa shape index (κ2) is 2.53. The maximum Gasteiger partial charge on any atom is 0.126 e. The van der Waals surface area contributed by atoms with Crippen LogP contribution in [0.1, 0.15) is 19.7 Å². The SMILES string of the molecule is CC(C)(N)c1nc2ccncc2[nH]1. The summed E-state index contributed by atoms with van der Waals surface area (Å²) in [5.41, 5.74) is 7.31. The van der Waals surface area contributed by atoms with Crippen molar-refractivity contribution in [2.45, 2.75) is 19.4 Å². The fourth-order valence-corrected chi connectivity index (χ4v) is 1.16. The van der Waals surface area contributed by atoms with Crippen molar-refractivity contribution in [2.24, 2.45) is 5.73 Å². The zero-order valence-electron chi connectivity index (χ0n) is 7.70. The normalized spacial score (nSPS) is 12.2. The molecule has 0 unspecified atom stereocenters. The highest BCUT2D eigenvalue weighted by Gasteiger charge is 2.18. The van der Waals surface area contributed by atoms with Crippen LogP contribution in [0, 0.1) is 0 Å². The smallest absolute Gasteiger partial charge is 0.126 e. The largest absolute Gasteiger partial charge is 0.339 e. The average molecular weight is 176 g/mol. The highest BCUT2D eigenvalue weighted by atomic mass is 15.0. The van der Waals surface area contributed by atoms with Crippen molar-refractivity contribution in [1.82, 2.24) is 15.0 Å². The van der Waals surface area contributed by atoms with Crippen molar-refractivity contribution >= 4 is 11.0 Å². The highest BCUT2D eigenvalue weighted by molar-refractivity contribution is 5.73. The van der Waals surface area contributed by atoms with Crippen molar-refractivity contribution < 1.29 is 0 Å². The van der Waals surface area contributed by atoms with Gasteiger partial charge in [-0.05, 0) is 19.9 Å². The van der Waals surface area contributed by atoms with E-state index in [9.17, 15) is 0 Å². The number of nitrogens with two attached hydrogens (primary N) is 1. The van der Waals surface area contributed by atoms with Gasteiger partial charge in [-0.25, -0.2) is 4.98 Å². The predicted molar refractivity (Wildman–Crippen MR) is 51.1 cm³/mol. The maximum atomic E-state index is 5.91. The van der Waals surface area contributed by atoms with Crippen molar-refractivity contribution in [2.75, 3.05) is 0 Å². The molecule has 0 fully saturated rings. The third-order valence-electron chi connectivity index (χ3n) is 1.89. The first-order valence-electron chi connectivity index (χ1n) is 4.16. The number of nitrogens with zero attached hydrogens (tertiary/aromatic N) is 2.